The van der Waals surface area contributed by atoms with Crippen molar-refractivity contribution in [3.8, 4) is 5.75 Å². The van der Waals surface area contributed by atoms with Gasteiger partial charge in [0.15, 0.2) is 6.61 Å². The van der Waals surface area contributed by atoms with Crippen LogP contribution in [-0.2, 0) is 16.1 Å². The van der Waals surface area contributed by atoms with Gasteiger partial charge in [-0.15, -0.1) is 0 Å². The first kappa shape index (κ1) is 20.8. The summed E-state index contributed by atoms with van der Waals surface area (Å²) < 4.78 is 36.0. The molecule has 0 atom stereocenters. The molecule has 1 aromatic carbocycles. The van der Waals surface area contributed by atoms with E-state index in [-0.39, 0.29) is 24.8 Å². The normalized spacial score (nSPS) is 13.4. The van der Waals surface area contributed by atoms with Gasteiger partial charge in [-0.1, -0.05) is 12.1 Å². The van der Waals surface area contributed by atoms with Crippen LogP contribution in [-0.4, -0.2) is 41.6 Å². The summed E-state index contributed by atoms with van der Waals surface area (Å²) in [5, 5.41) is 0. The monoisotopic (exact) mass is 406 g/mol. The van der Waals surface area contributed by atoms with Crippen molar-refractivity contribution < 1.29 is 27.8 Å². The number of amides is 1. The highest BCUT2D eigenvalue weighted by Crippen LogP contribution is 2.38. The lowest BCUT2D eigenvalue weighted by Crippen LogP contribution is -2.30. The molecule has 156 valence electrons. The SMILES string of the molecule is Cc1cc(C(=O)OCC(=O)N(C)Cc2ccc(OC(F)F)cc2)c(C)n1C1CC1. The van der Waals surface area contributed by atoms with E-state index in [9.17, 15) is 18.4 Å². The molecule has 0 saturated heterocycles. The number of aromatic nitrogens is 1. The molecule has 6 nitrogen and oxygen atoms in total. The Morgan fingerprint density at radius 3 is 2.45 bits per heavy atom. The maximum atomic E-state index is 12.4. The van der Waals surface area contributed by atoms with Crippen LogP contribution in [0.1, 0.15) is 46.2 Å². The van der Waals surface area contributed by atoms with Gasteiger partial charge in [-0.2, -0.15) is 8.78 Å². The molecule has 1 heterocycles. The van der Waals surface area contributed by atoms with Gasteiger partial charge in [-0.25, -0.2) is 4.79 Å². The predicted molar refractivity (Wildman–Crippen MR) is 102 cm³/mol. The summed E-state index contributed by atoms with van der Waals surface area (Å²) in [7, 11) is 1.58. The van der Waals surface area contributed by atoms with Crippen LogP contribution in [0.3, 0.4) is 0 Å². The number of hydrogen-bond donors (Lipinski definition) is 0. The molecule has 0 unspecified atom stereocenters. The minimum absolute atomic E-state index is 0.0513. The number of ether oxygens (including phenoxy) is 2. The van der Waals surface area contributed by atoms with E-state index in [1.807, 2.05) is 13.8 Å². The van der Waals surface area contributed by atoms with Crippen molar-refractivity contribution in [1.29, 1.82) is 0 Å². The Bertz CT molecular complexity index is 889. The maximum Gasteiger partial charge on any atom is 0.387 e. The standard InChI is InChI=1S/C21H24F2N2O4/c1-13-10-18(14(2)25(13)16-6-7-16)20(27)28-12-19(26)24(3)11-15-4-8-17(9-5-15)29-21(22)23/h4-5,8-10,16,21H,6-7,11-12H2,1-3H3. The number of carbonyl (C=O) groups is 2. The number of benzene rings is 1. The van der Waals surface area contributed by atoms with Gasteiger partial charge in [0, 0.05) is 31.0 Å². The molecule has 0 spiro atoms. The third-order valence-electron chi connectivity index (χ3n) is 4.94. The number of hydrogen-bond acceptors (Lipinski definition) is 4. The van der Waals surface area contributed by atoms with Crippen molar-refractivity contribution in [3.63, 3.8) is 0 Å². The molecule has 0 N–H and O–H groups in total. The molecular formula is C21H24F2N2O4. The lowest BCUT2D eigenvalue weighted by atomic mass is 10.2. The number of halogens is 2. The molecular weight excluding hydrogens is 382 g/mol. The summed E-state index contributed by atoms with van der Waals surface area (Å²) in [4.78, 5) is 26.1. The number of rotatable bonds is 8. The second-order valence-electron chi connectivity index (χ2n) is 7.23. The molecule has 1 aliphatic carbocycles. The predicted octanol–water partition coefficient (Wildman–Crippen LogP) is 3.86. The minimum Gasteiger partial charge on any atom is -0.452 e. The second-order valence-corrected chi connectivity index (χ2v) is 7.23. The van der Waals surface area contributed by atoms with E-state index >= 15 is 0 Å². The molecule has 1 saturated carbocycles. The molecule has 0 aliphatic heterocycles. The quantitative estimate of drug-likeness (QED) is 0.625. The lowest BCUT2D eigenvalue weighted by Gasteiger charge is -2.17. The van der Waals surface area contributed by atoms with E-state index in [2.05, 4.69) is 9.30 Å². The first-order chi connectivity index (χ1) is 13.8. The molecule has 1 aromatic heterocycles. The highest BCUT2D eigenvalue weighted by atomic mass is 19.3. The Labute approximate surface area is 168 Å². The smallest absolute Gasteiger partial charge is 0.387 e. The third kappa shape index (κ3) is 5.13. The molecule has 0 radical (unpaired) electrons. The van der Waals surface area contributed by atoms with Crippen molar-refractivity contribution in [2.24, 2.45) is 0 Å². The number of likely N-dealkylation sites (N-methyl/N-ethyl adjacent to an activating group) is 1. The summed E-state index contributed by atoms with van der Waals surface area (Å²) >= 11 is 0. The van der Waals surface area contributed by atoms with Crippen molar-refractivity contribution in [1.82, 2.24) is 9.47 Å². The van der Waals surface area contributed by atoms with Crippen LogP contribution in [0.4, 0.5) is 8.78 Å². The summed E-state index contributed by atoms with van der Waals surface area (Å²) in [5.41, 5.74) is 3.10. The van der Waals surface area contributed by atoms with E-state index < -0.39 is 12.6 Å². The first-order valence-electron chi connectivity index (χ1n) is 9.39. The zero-order chi connectivity index (χ0) is 21.1. The first-order valence-corrected chi connectivity index (χ1v) is 9.39. The van der Waals surface area contributed by atoms with Gasteiger partial charge >= 0.3 is 12.6 Å². The van der Waals surface area contributed by atoms with Gasteiger partial charge in [0.05, 0.1) is 5.56 Å². The lowest BCUT2D eigenvalue weighted by molar-refractivity contribution is -0.133. The van der Waals surface area contributed by atoms with Crippen molar-refractivity contribution in [2.75, 3.05) is 13.7 Å². The Hall–Kier alpha value is -2.90. The van der Waals surface area contributed by atoms with Gasteiger partial charge in [0.2, 0.25) is 0 Å². The van der Waals surface area contributed by atoms with Crippen LogP contribution >= 0.6 is 0 Å². The molecule has 1 fully saturated rings. The fraction of sp³-hybridized carbons (Fsp3) is 0.429. The van der Waals surface area contributed by atoms with Gasteiger partial charge in [-0.05, 0) is 50.5 Å². The fourth-order valence-corrected chi connectivity index (χ4v) is 3.33. The van der Waals surface area contributed by atoms with Crippen LogP contribution < -0.4 is 4.74 Å². The van der Waals surface area contributed by atoms with E-state index in [1.54, 1.807) is 25.2 Å². The Balaban J connectivity index is 1.52. The van der Waals surface area contributed by atoms with E-state index in [1.165, 1.54) is 17.0 Å². The molecule has 29 heavy (non-hydrogen) atoms. The highest BCUT2D eigenvalue weighted by molar-refractivity contribution is 5.92. The van der Waals surface area contributed by atoms with E-state index in [0.717, 1.165) is 29.8 Å². The molecule has 0 bridgehead atoms. The number of aryl methyl sites for hydroxylation is 1. The van der Waals surface area contributed by atoms with Crippen molar-refractivity contribution in [2.45, 2.75) is 45.9 Å². The van der Waals surface area contributed by atoms with E-state index in [4.69, 9.17) is 4.74 Å². The molecule has 1 aliphatic rings. The number of alkyl halides is 2. The summed E-state index contributed by atoms with van der Waals surface area (Å²) in [5.74, 6) is -0.821. The Kier molecular flexibility index (Phi) is 6.20. The summed E-state index contributed by atoms with van der Waals surface area (Å²) in [6.45, 7) is 0.848. The van der Waals surface area contributed by atoms with Crippen LogP contribution in [0.2, 0.25) is 0 Å². The molecule has 1 amide bonds. The average molecular weight is 406 g/mol. The van der Waals surface area contributed by atoms with Crippen LogP contribution in [0.25, 0.3) is 0 Å². The number of carbonyl (C=O) groups excluding carboxylic acids is 2. The fourth-order valence-electron chi connectivity index (χ4n) is 3.33. The highest BCUT2D eigenvalue weighted by Gasteiger charge is 2.29. The third-order valence-corrected chi connectivity index (χ3v) is 4.94. The van der Waals surface area contributed by atoms with Gasteiger partial charge in [-0.3, -0.25) is 4.79 Å². The Morgan fingerprint density at radius 1 is 1.21 bits per heavy atom. The zero-order valence-corrected chi connectivity index (χ0v) is 16.7. The number of nitrogens with zero attached hydrogens (tertiary/aromatic N) is 2. The summed E-state index contributed by atoms with van der Waals surface area (Å²) in [6.07, 6.45) is 2.23. The van der Waals surface area contributed by atoms with Crippen LogP contribution in [0.15, 0.2) is 30.3 Å². The zero-order valence-electron chi connectivity index (χ0n) is 16.7. The van der Waals surface area contributed by atoms with E-state index in [0.29, 0.717) is 11.6 Å². The van der Waals surface area contributed by atoms with Gasteiger partial charge < -0.3 is 18.9 Å². The minimum atomic E-state index is -2.88. The average Bonchev–Trinajstić information content (AvgIpc) is 3.45. The topological polar surface area (TPSA) is 60.8 Å². The van der Waals surface area contributed by atoms with Gasteiger partial charge in [0.25, 0.3) is 5.91 Å². The van der Waals surface area contributed by atoms with Crippen LogP contribution in [0.5, 0.6) is 5.75 Å². The molecule has 3 rings (SSSR count). The maximum absolute atomic E-state index is 12.4. The Morgan fingerprint density at radius 2 is 1.86 bits per heavy atom. The number of esters is 1. The van der Waals surface area contributed by atoms with Crippen LogP contribution in [0, 0.1) is 13.8 Å². The molecule has 8 heteroatoms. The van der Waals surface area contributed by atoms with Gasteiger partial charge in [0.1, 0.15) is 5.75 Å². The van der Waals surface area contributed by atoms with Crippen molar-refractivity contribution in [3.05, 3.63) is 52.8 Å². The second kappa shape index (κ2) is 8.63. The molecule has 2 aromatic rings. The van der Waals surface area contributed by atoms with Crippen molar-refractivity contribution >= 4 is 11.9 Å². The summed E-state index contributed by atoms with van der Waals surface area (Å²) in [6, 6.07) is 8.28. The largest absolute Gasteiger partial charge is 0.452 e.